The number of alkyl halides is 3. The lowest BCUT2D eigenvalue weighted by Crippen LogP contribution is -2.53. The molecule has 5 rings (SSSR count). The number of pyridine rings is 2. The summed E-state index contributed by atoms with van der Waals surface area (Å²) < 4.78 is 44.2. The number of piperidine rings is 1. The largest absolute Gasteiger partial charge is 0.424 e. The van der Waals surface area contributed by atoms with Gasteiger partial charge >= 0.3 is 12.1 Å². The summed E-state index contributed by atoms with van der Waals surface area (Å²) in [5.74, 6) is 0.802. The summed E-state index contributed by atoms with van der Waals surface area (Å²) in [6, 6.07) is 12.8. The average molecular weight is 556 g/mol. The fourth-order valence-corrected chi connectivity index (χ4v) is 5.31. The maximum atomic E-state index is 12.8. The maximum absolute atomic E-state index is 12.8. The van der Waals surface area contributed by atoms with Crippen LogP contribution < -0.4 is 9.64 Å². The summed E-state index contributed by atoms with van der Waals surface area (Å²) in [6.07, 6.45) is -1.34. The minimum atomic E-state index is -4.37. The van der Waals surface area contributed by atoms with Gasteiger partial charge in [0.2, 0.25) is 0 Å². The fourth-order valence-electron chi connectivity index (χ4n) is 5.31. The quantitative estimate of drug-likeness (QED) is 0.309. The van der Waals surface area contributed by atoms with Crippen LogP contribution >= 0.6 is 0 Å². The monoisotopic (exact) mass is 555 g/mol. The van der Waals surface area contributed by atoms with Gasteiger partial charge in [-0.05, 0) is 57.9 Å². The molecule has 0 N–H and O–H groups in total. The number of hydrogen-bond donors (Lipinski definition) is 0. The lowest BCUT2D eigenvalue weighted by Gasteiger charge is -2.43. The zero-order valence-electron chi connectivity index (χ0n) is 23.2. The molecule has 40 heavy (non-hydrogen) atoms. The van der Waals surface area contributed by atoms with Gasteiger partial charge in [-0.2, -0.15) is 13.2 Å². The van der Waals surface area contributed by atoms with E-state index >= 15 is 0 Å². The van der Waals surface area contributed by atoms with E-state index in [1.54, 1.807) is 6.07 Å². The third-order valence-corrected chi connectivity index (χ3v) is 7.73. The van der Waals surface area contributed by atoms with Crippen LogP contribution in [0.15, 0.2) is 48.7 Å². The zero-order valence-corrected chi connectivity index (χ0v) is 23.2. The molecule has 2 aromatic heterocycles. The number of benzene rings is 1. The van der Waals surface area contributed by atoms with E-state index < -0.39 is 17.2 Å². The number of anilines is 1. The lowest BCUT2D eigenvalue weighted by atomic mass is 9.97. The Morgan fingerprint density at radius 3 is 2.30 bits per heavy atom. The normalized spacial score (nSPS) is 18.3. The average Bonchev–Trinajstić information content (AvgIpc) is 2.93. The van der Waals surface area contributed by atoms with Crippen molar-refractivity contribution < 1.29 is 22.7 Å². The van der Waals surface area contributed by atoms with E-state index in [9.17, 15) is 18.0 Å². The molecule has 0 saturated carbocycles. The summed E-state index contributed by atoms with van der Waals surface area (Å²) in [5.41, 5.74) is 0.330. The molecule has 0 bridgehead atoms. The number of carbonyl (C=O) groups excluding carboxylic acids is 1. The van der Waals surface area contributed by atoms with Crippen LogP contribution in [-0.2, 0) is 17.5 Å². The van der Waals surface area contributed by atoms with Crippen LogP contribution in [0.25, 0.3) is 10.9 Å². The van der Waals surface area contributed by atoms with Gasteiger partial charge in [-0.3, -0.25) is 14.6 Å². The van der Waals surface area contributed by atoms with Gasteiger partial charge in [-0.15, -0.1) is 0 Å². The highest BCUT2D eigenvalue weighted by atomic mass is 19.4. The molecule has 0 amide bonds. The lowest BCUT2D eigenvalue weighted by molar-refractivity contribution is -0.143. The predicted molar refractivity (Wildman–Crippen MR) is 148 cm³/mol. The van der Waals surface area contributed by atoms with Gasteiger partial charge < -0.3 is 9.64 Å². The van der Waals surface area contributed by atoms with E-state index in [2.05, 4.69) is 19.7 Å². The Bertz CT molecular complexity index is 1320. The van der Waals surface area contributed by atoms with E-state index in [0.29, 0.717) is 23.1 Å². The van der Waals surface area contributed by atoms with Crippen LogP contribution in [0.4, 0.5) is 19.0 Å². The van der Waals surface area contributed by atoms with Crippen molar-refractivity contribution in [3.63, 3.8) is 0 Å². The minimum absolute atomic E-state index is 0.286. The van der Waals surface area contributed by atoms with Crippen molar-refractivity contribution in [2.45, 2.75) is 52.4 Å². The third-order valence-electron chi connectivity index (χ3n) is 7.73. The van der Waals surface area contributed by atoms with Gasteiger partial charge in [0.25, 0.3) is 0 Å². The van der Waals surface area contributed by atoms with Crippen molar-refractivity contribution in [3.8, 4) is 5.75 Å². The number of esters is 1. The number of halogens is 3. The number of piperazine rings is 1. The highest BCUT2D eigenvalue weighted by Crippen LogP contribution is 2.30. The molecule has 0 radical (unpaired) electrons. The van der Waals surface area contributed by atoms with Crippen molar-refractivity contribution in [3.05, 3.63) is 59.9 Å². The first-order chi connectivity index (χ1) is 19.0. The minimum Gasteiger partial charge on any atom is -0.424 e. The van der Waals surface area contributed by atoms with Gasteiger partial charge in [0.1, 0.15) is 11.3 Å². The van der Waals surface area contributed by atoms with Gasteiger partial charge in [0, 0.05) is 63.4 Å². The standard InChI is InChI=1S/C30H36F3N5O2/c1-29(2,3)28(39)40-25-6-4-5-21-7-9-23(35-27(21)25)20-36-13-11-24(12-14-36)37-15-17-38(18-16-37)26-10-8-22(19-34-26)30(31,32)33/h4-10,19,24H,11-18,20H2,1-3H3. The smallest absolute Gasteiger partial charge is 0.417 e. The maximum Gasteiger partial charge on any atom is 0.417 e. The van der Waals surface area contributed by atoms with Gasteiger partial charge in [-0.1, -0.05) is 18.2 Å². The second-order valence-electron chi connectivity index (χ2n) is 11.7. The second-order valence-corrected chi connectivity index (χ2v) is 11.7. The number of para-hydroxylation sites is 1. The molecular weight excluding hydrogens is 519 g/mol. The Morgan fingerprint density at radius 1 is 0.950 bits per heavy atom. The van der Waals surface area contributed by atoms with Gasteiger partial charge in [0.05, 0.1) is 16.7 Å². The molecule has 4 heterocycles. The van der Waals surface area contributed by atoms with Crippen molar-refractivity contribution in [2.75, 3.05) is 44.2 Å². The molecule has 3 aromatic rings. The van der Waals surface area contributed by atoms with Crippen molar-refractivity contribution in [1.29, 1.82) is 0 Å². The molecule has 0 atom stereocenters. The van der Waals surface area contributed by atoms with Crippen molar-refractivity contribution >= 4 is 22.7 Å². The second kappa shape index (κ2) is 11.3. The third kappa shape index (κ3) is 6.55. The first-order valence-corrected chi connectivity index (χ1v) is 13.8. The Kier molecular flexibility index (Phi) is 8.01. The summed E-state index contributed by atoms with van der Waals surface area (Å²) >= 11 is 0. The molecule has 7 nitrogen and oxygen atoms in total. The van der Waals surface area contributed by atoms with Crippen molar-refractivity contribution in [1.82, 2.24) is 19.8 Å². The zero-order chi connectivity index (χ0) is 28.5. The molecule has 2 aliphatic rings. The van der Waals surface area contributed by atoms with Crippen LogP contribution in [0.2, 0.25) is 0 Å². The summed E-state index contributed by atoms with van der Waals surface area (Å²) in [6.45, 7) is 11.4. The van der Waals surface area contributed by atoms with E-state index in [0.717, 1.165) is 82.0 Å². The summed E-state index contributed by atoms with van der Waals surface area (Å²) in [4.78, 5) is 28.4. The molecule has 0 spiro atoms. The van der Waals surface area contributed by atoms with Crippen LogP contribution in [0.3, 0.4) is 0 Å². The molecule has 214 valence electrons. The topological polar surface area (TPSA) is 61.8 Å². The highest BCUT2D eigenvalue weighted by Gasteiger charge is 2.32. The Balaban J connectivity index is 1.13. The molecule has 10 heteroatoms. The Morgan fingerprint density at radius 2 is 1.68 bits per heavy atom. The predicted octanol–water partition coefficient (Wildman–Crippen LogP) is 5.39. The molecule has 2 saturated heterocycles. The van der Waals surface area contributed by atoms with Crippen LogP contribution in [0.1, 0.15) is 44.9 Å². The number of likely N-dealkylation sites (tertiary alicyclic amines) is 1. The number of carbonyl (C=O) groups is 1. The highest BCUT2D eigenvalue weighted by molar-refractivity contribution is 5.88. The Hall–Kier alpha value is -3.24. The van der Waals surface area contributed by atoms with Gasteiger partial charge in [-0.25, -0.2) is 9.97 Å². The molecule has 2 aliphatic heterocycles. The molecule has 1 aromatic carbocycles. The number of ether oxygens (including phenoxy) is 1. The number of aromatic nitrogens is 2. The van der Waals surface area contributed by atoms with E-state index in [-0.39, 0.29) is 5.97 Å². The summed E-state index contributed by atoms with van der Waals surface area (Å²) in [5, 5.41) is 0.937. The number of rotatable bonds is 5. The molecule has 2 fully saturated rings. The SMILES string of the molecule is CC(C)(C)C(=O)Oc1cccc2ccc(CN3CCC(N4CCN(c5ccc(C(F)(F)F)cn5)CC4)CC3)nc12. The molecule has 0 aliphatic carbocycles. The number of hydrogen-bond acceptors (Lipinski definition) is 7. The molecule has 0 unspecified atom stereocenters. The number of nitrogens with zero attached hydrogens (tertiary/aromatic N) is 5. The van der Waals surface area contributed by atoms with Crippen LogP contribution in [-0.4, -0.2) is 71.0 Å². The van der Waals surface area contributed by atoms with Gasteiger partial charge in [0.15, 0.2) is 5.75 Å². The van der Waals surface area contributed by atoms with Crippen LogP contribution in [0.5, 0.6) is 5.75 Å². The van der Waals surface area contributed by atoms with Crippen LogP contribution in [0, 0.1) is 5.41 Å². The molecular formula is C30H36F3N5O2. The van der Waals surface area contributed by atoms with E-state index in [1.165, 1.54) is 6.07 Å². The summed E-state index contributed by atoms with van der Waals surface area (Å²) in [7, 11) is 0. The first-order valence-electron chi connectivity index (χ1n) is 13.8. The number of fused-ring (bicyclic) bond motifs is 1. The fraction of sp³-hybridized carbons (Fsp3) is 0.500. The van der Waals surface area contributed by atoms with E-state index in [1.807, 2.05) is 45.0 Å². The first kappa shape index (κ1) is 28.3. The Labute approximate surface area is 232 Å². The van der Waals surface area contributed by atoms with Crippen molar-refractivity contribution in [2.24, 2.45) is 5.41 Å². The van der Waals surface area contributed by atoms with E-state index in [4.69, 9.17) is 9.72 Å².